The molecule has 1 amide bonds. The van der Waals surface area contributed by atoms with Gasteiger partial charge in [-0.1, -0.05) is 45.4 Å². The van der Waals surface area contributed by atoms with Gasteiger partial charge in [0.25, 0.3) is 0 Å². The number of carbonyl (C=O) groups excluding carboxylic acids is 2. The lowest BCUT2D eigenvalue weighted by Gasteiger charge is -2.15. The Bertz CT molecular complexity index is 317. The number of aliphatic hydroxyl groups is 1. The minimum atomic E-state index is -0.438. The second-order valence-corrected chi connectivity index (χ2v) is 6.26. The van der Waals surface area contributed by atoms with Crippen molar-refractivity contribution in [2.45, 2.75) is 96.1 Å². The van der Waals surface area contributed by atoms with Crippen LogP contribution in [0.25, 0.3) is 0 Å². The monoisotopic (exact) mass is 297 g/mol. The molecule has 4 nitrogen and oxygen atoms in total. The van der Waals surface area contributed by atoms with Crippen LogP contribution in [0.2, 0.25) is 0 Å². The maximum atomic E-state index is 11.7. The molecular weight excluding hydrogens is 266 g/mol. The number of rotatable bonds is 11. The molecule has 0 saturated heterocycles. The molecule has 0 aromatic rings. The summed E-state index contributed by atoms with van der Waals surface area (Å²) in [5.41, 5.74) is 0. The highest BCUT2D eigenvalue weighted by atomic mass is 16.3. The van der Waals surface area contributed by atoms with Crippen LogP contribution in [0.1, 0.15) is 84.0 Å². The van der Waals surface area contributed by atoms with Crippen LogP contribution in [0.3, 0.4) is 0 Å². The second kappa shape index (κ2) is 10.8. The Kier molecular flexibility index (Phi) is 9.31. The molecule has 122 valence electrons. The molecule has 21 heavy (non-hydrogen) atoms. The van der Waals surface area contributed by atoms with Gasteiger partial charge in [0, 0.05) is 6.42 Å². The summed E-state index contributed by atoms with van der Waals surface area (Å²) in [7, 11) is 0. The van der Waals surface area contributed by atoms with E-state index in [1.807, 2.05) is 0 Å². The van der Waals surface area contributed by atoms with Crippen molar-refractivity contribution >= 4 is 11.7 Å². The summed E-state index contributed by atoms with van der Waals surface area (Å²) in [6.45, 7) is 2.20. The maximum absolute atomic E-state index is 11.7. The molecule has 0 bridgehead atoms. The first-order valence-electron chi connectivity index (χ1n) is 8.62. The van der Waals surface area contributed by atoms with Gasteiger partial charge in [-0.15, -0.1) is 0 Å². The van der Waals surface area contributed by atoms with Crippen molar-refractivity contribution in [1.82, 2.24) is 5.32 Å². The minimum absolute atomic E-state index is 0.0218. The number of Topliss-reactive ketones (excluding diaryl/α,β-unsaturated/α-hetero) is 1. The van der Waals surface area contributed by atoms with Gasteiger partial charge in [-0.25, -0.2) is 0 Å². The van der Waals surface area contributed by atoms with E-state index in [9.17, 15) is 14.7 Å². The molecule has 4 heteroatoms. The average molecular weight is 297 g/mol. The Morgan fingerprint density at radius 2 is 1.71 bits per heavy atom. The average Bonchev–Trinajstić information content (AvgIpc) is 2.83. The van der Waals surface area contributed by atoms with Crippen molar-refractivity contribution < 1.29 is 14.7 Å². The van der Waals surface area contributed by atoms with Crippen LogP contribution in [0.5, 0.6) is 0 Å². The SMILES string of the molecule is CCCCCCCCCC(=O)CC(=O)NC1CCCC1O. The first-order chi connectivity index (χ1) is 10.1. The molecular formula is C17H31NO3. The van der Waals surface area contributed by atoms with E-state index < -0.39 is 6.10 Å². The number of hydrogen-bond donors (Lipinski definition) is 2. The number of amides is 1. The Morgan fingerprint density at radius 3 is 2.33 bits per heavy atom. The zero-order chi connectivity index (χ0) is 15.5. The van der Waals surface area contributed by atoms with Crippen LogP contribution in [0.15, 0.2) is 0 Å². The summed E-state index contributed by atoms with van der Waals surface area (Å²) in [5, 5.41) is 12.4. The molecule has 1 saturated carbocycles. The van der Waals surface area contributed by atoms with Crippen molar-refractivity contribution in [2.24, 2.45) is 0 Å². The number of aliphatic hydroxyl groups excluding tert-OH is 1. The van der Waals surface area contributed by atoms with E-state index in [-0.39, 0.29) is 24.2 Å². The van der Waals surface area contributed by atoms with Gasteiger partial charge in [0.1, 0.15) is 5.78 Å². The van der Waals surface area contributed by atoms with Crippen LogP contribution < -0.4 is 5.32 Å². The predicted octanol–water partition coefficient (Wildman–Crippen LogP) is 3.12. The van der Waals surface area contributed by atoms with E-state index in [4.69, 9.17) is 0 Å². The Balaban J connectivity index is 2.01. The lowest BCUT2D eigenvalue weighted by atomic mass is 10.1. The topological polar surface area (TPSA) is 66.4 Å². The second-order valence-electron chi connectivity index (χ2n) is 6.26. The fraction of sp³-hybridized carbons (Fsp3) is 0.882. The summed E-state index contributed by atoms with van der Waals surface area (Å²) in [5.74, 6) is -0.206. The smallest absolute Gasteiger partial charge is 0.227 e. The van der Waals surface area contributed by atoms with Gasteiger partial charge >= 0.3 is 0 Å². The molecule has 1 fully saturated rings. The van der Waals surface area contributed by atoms with Crippen LogP contribution in [-0.4, -0.2) is 28.9 Å². The molecule has 0 heterocycles. The van der Waals surface area contributed by atoms with Crippen molar-refractivity contribution in [1.29, 1.82) is 0 Å². The quantitative estimate of drug-likeness (QED) is 0.455. The third kappa shape index (κ3) is 8.20. The Labute approximate surface area is 128 Å². The molecule has 1 rings (SSSR count). The molecule has 2 atom stereocenters. The summed E-state index contributed by atoms with van der Waals surface area (Å²) < 4.78 is 0. The number of nitrogens with one attached hydrogen (secondary N) is 1. The standard InChI is InChI=1S/C17H31NO3/c1-2-3-4-5-6-7-8-10-14(19)13-17(21)18-15-11-9-12-16(15)20/h15-16,20H,2-13H2,1H3,(H,18,21). The van der Waals surface area contributed by atoms with E-state index in [1.54, 1.807) is 0 Å². The minimum Gasteiger partial charge on any atom is -0.391 e. The molecule has 0 aliphatic heterocycles. The number of ketones is 1. The number of unbranched alkanes of at least 4 members (excludes halogenated alkanes) is 6. The zero-order valence-electron chi connectivity index (χ0n) is 13.4. The molecule has 2 N–H and O–H groups in total. The van der Waals surface area contributed by atoms with Crippen molar-refractivity contribution in [2.75, 3.05) is 0 Å². The third-order valence-electron chi connectivity index (χ3n) is 4.24. The lowest BCUT2D eigenvalue weighted by molar-refractivity contribution is -0.129. The normalized spacial score (nSPS) is 21.4. The summed E-state index contributed by atoms with van der Waals surface area (Å²) in [6.07, 6.45) is 10.8. The van der Waals surface area contributed by atoms with E-state index in [0.29, 0.717) is 6.42 Å². The van der Waals surface area contributed by atoms with E-state index in [2.05, 4.69) is 12.2 Å². The maximum Gasteiger partial charge on any atom is 0.227 e. The van der Waals surface area contributed by atoms with Gasteiger partial charge in [-0.05, 0) is 25.7 Å². The largest absolute Gasteiger partial charge is 0.391 e. The first kappa shape index (κ1) is 18.1. The molecule has 0 spiro atoms. The summed E-state index contributed by atoms with van der Waals surface area (Å²) >= 11 is 0. The van der Waals surface area contributed by atoms with Crippen LogP contribution in [0.4, 0.5) is 0 Å². The van der Waals surface area contributed by atoms with Gasteiger partial charge < -0.3 is 10.4 Å². The molecule has 1 aliphatic carbocycles. The summed E-state index contributed by atoms with van der Waals surface area (Å²) in [4.78, 5) is 23.4. The van der Waals surface area contributed by atoms with Gasteiger partial charge in [-0.3, -0.25) is 9.59 Å². The number of hydrogen-bond acceptors (Lipinski definition) is 3. The molecule has 0 aromatic heterocycles. The lowest BCUT2D eigenvalue weighted by Crippen LogP contribution is -2.40. The van der Waals surface area contributed by atoms with Gasteiger partial charge in [0.05, 0.1) is 18.6 Å². The van der Waals surface area contributed by atoms with Crippen LogP contribution in [0, 0.1) is 0 Å². The molecule has 0 radical (unpaired) electrons. The van der Waals surface area contributed by atoms with Gasteiger partial charge in [0.2, 0.25) is 5.91 Å². The fourth-order valence-corrected chi connectivity index (χ4v) is 2.91. The van der Waals surface area contributed by atoms with Gasteiger partial charge in [0.15, 0.2) is 0 Å². The van der Waals surface area contributed by atoms with E-state index >= 15 is 0 Å². The van der Waals surface area contributed by atoms with E-state index in [0.717, 1.165) is 32.1 Å². The summed E-state index contributed by atoms with van der Waals surface area (Å²) in [6, 6.07) is -0.149. The van der Waals surface area contributed by atoms with Crippen LogP contribution in [-0.2, 0) is 9.59 Å². The molecule has 2 unspecified atom stereocenters. The predicted molar refractivity (Wildman–Crippen MR) is 84.0 cm³/mol. The number of carbonyl (C=O) groups is 2. The Hall–Kier alpha value is -0.900. The Morgan fingerprint density at radius 1 is 1.05 bits per heavy atom. The highest BCUT2D eigenvalue weighted by Crippen LogP contribution is 2.18. The van der Waals surface area contributed by atoms with Crippen molar-refractivity contribution in [3.8, 4) is 0 Å². The highest BCUT2D eigenvalue weighted by molar-refractivity contribution is 5.98. The van der Waals surface area contributed by atoms with Gasteiger partial charge in [-0.2, -0.15) is 0 Å². The van der Waals surface area contributed by atoms with Crippen LogP contribution >= 0.6 is 0 Å². The third-order valence-corrected chi connectivity index (χ3v) is 4.24. The van der Waals surface area contributed by atoms with E-state index in [1.165, 1.54) is 32.1 Å². The van der Waals surface area contributed by atoms with Crippen molar-refractivity contribution in [3.05, 3.63) is 0 Å². The fourth-order valence-electron chi connectivity index (χ4n) is 2.91. The molecule has 0 aromatic carbocycles. The molecule has 1 aliphatic rings. The zero-order valence-corrected chi connectivity index (χ0v) is 13.4. The van der Waals surface area contributed by atoms with Crippen molar-refractivity contribution in [3.63, 3.8) is 0 Å². The highest BCUT2D eigenvalue weighted by Gasteiger charge is 2.26. The first-order valence-corrected chi connectivity index (χ1v) is 8.62.